The highest BCUT2D eigenvalue weighted by Gasteiger charge is 2.17. The maximum Gasteiger partial charge on any atom is 0.272 e. The number of nitrogens with zero attached hydrogens (tertiary/aromatic N) is 4. The summed E-state index contributed by atoms with van der Waals surface area (Å²) in [6, 6.07) is 11.3. The molecule has 3 heterocycles. The number of benzene rings is 1. The summed E-state index contributed by atoms with van der Waals surface area (Å²) in [5.74, 6) is 0.825. The van der Waals surface area contributed by atoms with E-state index in [1.54, 1.807) is 19.4 Å². The number of aromatic amines is 1. The Balaban J connectivity index is 1.77. The molecule has 0 spiro atoms. The van der Waals surface area contributed by atoms with E-state index in [0.29, 0.717) is 12.2 Å². The zero-order chi connectivity index (χ0) is 19.8. The second-order valence-corrected chi connectivity index (χ2v) is 7.08. The van der Waals surface area contributed by atoms with Gasteiger partial charge in [0.05, 0.1) is 18.5 Å². The van der Waals surface area contributed by atoms with E-state index in [0.717, 1.165) is 34.0 Å². The summed E-state index contributed by atoms with van der Waals surface area (Å²) in [5.41, 5.74) is 5.10. The average molecular weight is 377 g/mol. The molecule has 0 radical (unpaired) electrons. The van der Waals surface area contributed by atoms with Crippen molar-refractivity contribution in [3.8, 4) is 17.0 Å². The highest BCUT2D eigenvalue weighted by Crippen LogP contribution is 2.27. The lowest BCUT2D eigenvalue weighted by Gasteiger charge is -2.12. The van der Waals surface area contributed by atoms with Crippen molar-refractivity contribution in [1.29, 1.82) is 0 Å². The van der Waals surface area contributed by atoms with Gasteiger partial charge in [0.25, 0.3) is 5.56 Å². The van der Waals surface area contributed by atoms with Crippen LogP contribution >= 0.6 is 0 Å². The lowest BCUT2D eigenvalue weighted by atomic mass is 10.1. The van der Waals surface area contributed by atoms with E-state index >= 15 is 0 Å². The molecule has 144 valence electrons. The smallest absolute Gasteiger partial charge is 0.272 e. The molecule has 0 fully saturated rings. The van der Waals surface area contributed by atoms with Gasteiger partial charge in [-0.25, -0.2) is 9.50 Å². The number of fused-ring (bicyclic) bond motifs is 1. The molecule has 0 aliphatic rings. The first-order valence-corrected chi connectivity index (χ1v) is 9.23. The maximum atomic E-state index is 12.7. The van der Waals surface area contributed by atoms with E-state index in [2.05, 4.69) is 17.1 Å². The normalized spacial score (nSPS) is 12.4. The number of aryl methyl sites for hydroxylation is 2. The van der Waals surface area contributed by atoms with E-state index in [1.807, 2.05) is 48.9 Å². The van der Waals surface area contributed by atoms with Crippen LogP contribution in [-0.2, 0) is 6.54 Å². The van der Waals surface area contributed by atoms with Crippen molar-refractivity contribution in [2.24, 2.45) is 0 Å². The largest absolute Gasteiger partial charge is 0.497 e. The van der Waals surface area contributed by atoms with E-state index in [1.165, 1.54) is 4.52 Å². The summed E-state index contributed by atoms with van der Waals surface area (Å²) in [6.45, 7) is 6.72. The summed E-state index contributed by atoms with van der Waals surface area (Å²) in [6.07, 6.45) is 1.78. The Hall–Kier alpha value is -3.35. The molecule has 7 heteroatoms. The predicted octanol–water partition coefficient (Wildman–Crippen LogP) is 3.32. The summed E-state index contributed by atoms with van der Waals surface area (Å²) >= 11 is 0. The van der Waals surface area contributed by atoms with Gasteiger partial charge in [-0.05, 0) is 32.0 Å². The maximum absolute atomic E-state index is 12.7. The topological polar surface area (TPSA) is 77.2 Å². The Morgan fingerprint density at radius 3 is 2.75 bits per heavy atom. The Morgan fingerprint density at radius 2 is 2.04 bits per heavy atom. The standard InChI is InChI=1S/C21H23N5O2/c1-13(12-25-14(2)8-9-22-25)18-11-19(27)26-21(23-18)15(3)20(24-26)16-6-5-7-17(10-16)28-4/h5-11,13,24H,12H2,1-4H3. The molecule has 0 aliphatic carbocycles. The molecule has 7 nitrogen and oxygen atoms in total. The monoisotopic (exact) mass is 377 g/mol. The number of nitrogens with one attached hydrogen (secondary N) is 1. The molecule has 1 unspecified atom stereocenters. The third kappa shape index (κ3) is 3.09. The van der Waals surface area contributed by atoms with Gasteiger partial charge in [0, 0.05) is 41.5 Å². The first kappa shape index (κ1) is 18.0. The highest BCUT2D eigenvalue weighted by atomic mass is 16.5. The van der Waals surface area contributed by atoms with Crippen LogP contribution in [0.25, 0.3) is 16.9 Å². The Kier molecular flexibility index (Phi) is 4.50. The minimum atomic E-state index is -0.124. The molecule has 0 aliphatic heterocycles. The fraction of sp³-hybridized carbons (Fsp3) is 0.286. The van der Waals surface area contributed by atoms with Gasteiger partial charge in [-0.3, -0.25) is 14.6 Å². The number of hydrogen-bond acceptors (Lipinski definition) is 4. The number of rotatable bonds is 5. The second kappa shape index (κ2) is 6.99. The molecule has 0 amide bonds. The molecule has 3 aromatic heterocycles. The molecule has 1 N–H and O–H groups in total. The molecule has 0 saturated carbocycles. The molecular formula is C21H23N5O2. The molecule has 0 saturated heterocycles. The van der Waals surface area contributed by atoms with Gasteiger partial charge < -0.3 is 4.74 Å². The van der Waals surface area contributed by atoms with Crippen LogP contribution in [0.5, 0.6) is 5.75 Å². The van der Waals surface area contributed by atoms with Gasteiger partial charge in [0.15, 0.2) is 5.65 Å². The average Bonchev–Trinajstić information content (AvgIpc) is 3.25. The third-order valence-electron chi connectivity index (χ3n) is 5.11. The van der Waals surface area contributed by atoms with Crippen LogP contribution in [-0.4, -0.2) is 31.5 Å². The van der Waals surface area contributed by atoms with Crippen LogP contribution < -0.4 is 10.3 Å². The van der Waals surface area contributed by atoms with E-state index in [-0.39, 0.29) is 11.5 Å². The van der Waals surface area contributed by atoms with Gasteiger partial charge in [-0.2, -0.15) is 5.10 Å². The van der Waals surface area contributed by atoms with Crippen molar-refractivity contribution < 1.29 is 4.74 Å². The third-order valence-corrected chi connectivity index (χ3v) is 5.11. The van der Waals surface area contributed by atoms with Crippen molar-refractivity contribution in [1.82, 2.24) is 24.4 Å². The van der Waals surface area contributed by atoms with Crippen LogP contribution in [0.2, 0.25) is 0 Å². The summed E-state index contributed by atoms with van der Waals surface area (Å²) < 4.78 is 8.75. The van der Waals surface area contributed by atoms with Crippen LogP contribution in [0.1, 0.15) is 29.8 Å². The summed E-state index contributed by atoms with van der Waals surface area (Å²) in [5, 5.41) is 7.52. The number of hydrogen-bond donors (Lipinski definition) is 1. The predicted molar refractivity (Wildman–Crippen MR) is 108 cm³/mol. The minimum Gasteiger partial charge on any atom is -0.497 e. The van der Waals surface area contributed by atoms with Crippen molar-refractivity contribution >= 4 is 5.65 Å². The number of methoxy groups -OCH3 is 1. The molecule has 4 aromatic rings. The van der Waals surface area contributed by atoms with Crippen LogP contribution in [0.3, 0.4) is 0 Å². The zero-order valence-electron chi connectivity index (χ0n) is 16.4. The lowest BCUT2D eigenvalue weighted by molar-refractivity contribution is 0.415. The number of ether oxygens (including phenoxy) is 1. The Morgan fingerprint density at radius 1 is 1.21 bits per heavy atom. The van der Waals surface area contributed by atoms with Gasteiger partial charge in [0.2, 0.25) is 0 Å². The molecule has 0 bridgehead atoms. The zero-order valence-corrected chi connectivity index (χ0v) is 16.4. The minimum absolute atomic E-state index is 0.0610. The van der Waals surface area contributed by atoms with Crippen molar-refractivity contribution in [2.45, 2.75) is 33.2 Å². The van der Waals surface area contributed by atoms with Crippen LogP contribution in [0.4, 0.5) is 0 Å². The molecule has 28 heavy (non-hydrogen) atoms. The SMILES string of the molecule is COc1cccc(-c2[nH]n3c(=O)cc(C(C)Cn4nccc4C)nc3c2C)c1. The number of H-pyrrole nitrogens is 1. The molecular weight excluding hydrogens is 354 g/mol. The highest BCUT2D eigenvalue weighted by molar-refractivity contribution is 5.71. The molecule has 1 atom stereocenters. The van der Waals surface area contributed by atoms with Crippen molar-refractivity contribution in [3.05, 3.63) is 69.9 Å². The quantitative estimate of drug-likeness (QED) is 0.579. The van der Waals surface area contributed by atoms with Gasteiger partial charge in [0.1, 0.15) is 5.75 Å². The van der Waals surface area contributed by atoms with E-state index in [9.17, 15) is 4.79 Å². The Labute approximate surface area is 162 Å². The Bertz CT molecular complexity index is 1200. The first-order chi connectivity index (χ1) is 13.5. The van der Waals surface area contributed by atoms with Crippen molar-refractivity contribution in [3.63, 3.8) is 0 Å². The summed E-state index contributed by atoms with van der Waals surface area (Å²) in [7, 11) is 1.64. The van der Waals surface area contributed by atoms with Gasteiger partial charge >= 0.3 is 0 Å². The van der Waals surface area contributed by atoms with E-state index < -0.39 is 0 Å². The summed E-state index contributed by atoms with van der Waals surface area (Å²) in [4.78, 5) is 17.5. The van der Waals surface area contributed by atoms with Crippen LogP contribution in [0.15, 0.2) is 47.4 Å². The fourth-order valence-corrected chi connectivity index (χ4v) is 3.42. The fourth-order valence-electron chi connectivity index (χ4n) is 3.42. The lowest BCUT2D eigenvalue weighted by Crippen LogP contribution is -2.18. The van der Waals surface area contributed by atoms with Crippen LogP contribution in [0, 0.1) is 13.8 Å². The van der Waals surface area contributed by atoms with Gasteiger partial charge in [-0.15, -0.1) is 0 Å². The first-order valence-electron chi connectivity index (χ1n) is 9.23. The number of aromatic nitrogens is 5. The van der Waals surface area contributed by atoms with Gasteiger partial charge in [-0.1, -0.05) is 19.1 Å². The van der Waals surface area contributed by atoms with E-state index in [4.69, 9.17) is 9.72 Å². The second-order valence-electron chi connectivity index (χ2n) is 7.08. The molecule has 4 rings (SSSR count). The van der Waals surface area contributed by atoms with Crippen molar-refractivity contribution in [2.75, 3.05) is 7.11 Å². The molecule has 1 aromatic carbocycles.